The lowest BCUT2D eigenvalue weighted by Crippen LogP contribution is -2.24. The van der Waals surface area contributed by atoms with Gasteiger partial charge in [0.05, 0.1) is 17.2 Å². The van der Waals surface area contributed by atoms with Gasteiger partial charge in [-0.1, -0.05) is 0 Å². The third-order valence-electron chi connectivity index (χ3n) is 2.76. The summed E-state index contributed by atoms with van der Waals surface area (Å²) in [7, 11) is 0. The van der Waals surface area contributed by atoms with Gasteiger partial charge in [-0.05, 0) is 25.5 Å². The molecule has 1 saturated heterocycles. The van der Waals surface area contributed by atoms with Gasteiger partial charge in [0.15, 0.2) is 0 Å². The van der Waals surface area contributed by atoms with E-state index in [0.717, 1.165) is 5.56 Å². The zero-order valence-corrected chi connectivity index (χ0v) is 9.60. The minimum atomic E-state index is -0.453. The lowest BCUT2D eigenvalue weighted by atomic mass is 10.1. The molecule has 0 saturated carbocycles. The van der Waals surface area contributed by atoms with Crippen molar-refractivity contribution < 1.29 is 14.5 Å². The molecule has 17 heavy (non-hydrogen) atoms. The fourth-order valence-electron chi connectivity index (χ4n) is 1.93. The van der Waals surface area contributed by atoms with Gasteiger partial charge < -0.3 is 4.74 Å². The van der Waals surface area contributed by atoms with E-state index >= 15 is 0 Å². The molecule has 1 aliphatic heterocycles. The number of hydrogen-bond acceptors (Lipinski definition) is 4. The molecule has 0 bridgehead atoms. The Labute approximate surface area is 97.9 Å². The molecule has 0 radical (unpaired) electrons. The average molecular weight is 236 g/mol. The molecule has 1 heterocycles. The van der Waals surface area contributed by atoms with Crippen LogP contribution in [0.5, 0.6) is 0 Å². The first-order valence-corrected chi connectivity index (χ1v) is 5.20. The lowest BCUT2D eigenvalue weighted by Gasteiger charge is -2.15. The fraction of sp³-hybridized carbons (Fsp3) is 0.364. The molecule has 0 aliphatic carbocycles. The van der Waals surface area contributed by atoms with Crippen molar-refractivity contribution in [2.24, 2.45) is 0 Å². The van der Waals surface area contributed by atoms with Crippen LogP contribution in [-0.2, 0) is 4.74 Å². The first-order valence-electron chi connectivity index (χ1n) is 5.20. The number of carbonyl (C=O) groups is 1. The zero-order valence-electron chi connectivity index (χ0n) is 9.60. The highest BCUT2D eigenvalue weighted by Crippen LogP contribution is 2.30. The SMILES string of the molecule is Cc1cc(C)c([N+](=O)[O-])cc1N1CCOC1=O. The van der Waals surface area contributed by atoms with Crippen LogP contribution in [0.15, 0.2) is 12.1 Å². The summed E-state index contributed by atoms with van der Waals surface area (Å²) >= 11 is 0. The van der Waals surface area contributed by atoms with Crippen molar-refractivity contribution in [3.63, 3.8) is 0 Å². The Kier molecular flexibility index (Phi) is 2.71. The summed E-state index contributed by atoms with van der Waals surface area (Å²) in [6.45, 7) is 4.24. The molecule has 90 valence electrons. The summed E-state index contributed by atoms with van der Waals surface area (Å²) in [5.41, 5.74) is 1.98. The van der Waals surface area contributed by atoms with Crippen molar-refractivity contribution >= 4 is 17.5 Å². The summed E-state index contributed by atoms with van der Waals surface area (Å²) < 4.78 is 4.82. The molecule has 1 aromatic rings. The van der Waals surface area contributed by atoms with Crippen LogP contribution in [0.4, 0.5) is 16.2 Å². The predicted octanol–water partition coefficient (Wildman–Crippen LogP) is 2.17. The number of aryl methyl sites for hydroxylation is 2. The highest BCUT2D eigenvalue weighted by atomic mass is 16.6. The number of cyclic esters (lactones) is 1. The van der Waals surface area contributed by atoms with Crippen LogP contribution in [0.2, 0.25) is 0 Å². The molecule has 0 aromatic heterocycles. The van der Waals surface area contributed by atoms with Crippen LogP contribution in [0.25, 0.3) is 0 Å². The summed E-state index contributed by atoms with van der Waals surface area (Å²) in [5.74, 6) is 0. The van der Waals surface area contributed by atoms with Gasteiger partial charge >= 0.3 is 6.09 Å². The first-order chi connectivity index (χ1) is 8.00. The Morgan fingerprint density at radius 2 is 2.06 bits per heavy atom. The van der Waals surface area contributed by atoms with Gasteiger partial charge in [-0.2, -0.15) is 0 Å². The summed E-state index contributed by atoms with van der Waals surface area (Å²) in [6.07, 6.45) is -0.453. The van der Waals surface area contributed by atoms with Gasteiger partial charge in [0.1, 0.15) is 6.61 Å². The largest absolute Gasteiger partial charge is 0.447 e. The maximum Gasteiger partial charge on any atom is 0.414 e. The fourth-order valence-corrected chi connectivity index (χ4v) is 1.93. The van der Waals surface area contributed by atoms with Crippen LogP contribution in [0, 0.1) is 24.0 Å². The number of benzene rings is 1. The second kappa shape index (κ2) is 4.04. The minimum Gasteiger partial charge on any atom is -0.447 e. The second-order valence-corrected chi connectivity index (χ2v) is 3.95. The topological polar surface area (TPSA) is 72.7 Å². The van der Waals surface area contributed by atoms with Gasteiger partial charge in [0, 0.05) is 11.6 Å². The van der Waals surface area contributed by atoms with Gasteiger partial charge in [-0.25, -0.2) is 4.79 Å². The number of carbonyl (C=O) groups excluding carboxylic acids is 1. The van der Waals surface area contributed by atoms with Crippen LogP contribution in [-0.4, -0.2) is 24.2 Å². The average Bonchev–Trinajstić information content (AvgIpc) is 2.64. The Hall–Kier alpha value is -2.11. The van der Waals surface area contributed by atoms with Gasteiger partial charge in [-0.15, -0.1) is 0 Å². The van der Waals surface area contributed by atoms with E-state index in [1.807, 2.05) is 6.92 Å². The Morgan fingerprint density at radius 1 is 1.35 bits per heavy atom. The highest BCUT2D eigenvalue weighted by Gasteiger charge is 2.27. The first kappa shape index (κ1) is 11.4. The van der Waals surface area contributed by atoms with Gasteiger partial charge in [0.2, 0.25) is 0 Å². The summed E-state index contributed by atoms with van der Waals surface area (Å²) in [5, 5.41) is 10.9. The molecular weight excluding hydrogens is 224 g/mol. The van der Waals surface area contributed by atoms with E-state index in [1.165, 1.54) is 11.0 Å². The monoisotopic (exact) mass is 236 g/mol. The van der Waals surface area contributed by atoms with Crippen molar-refractivity contribution in [2.45, 2.75) is 13.8 Å². The number of nitro groups is 1. The number of hydrogen-bond donors (Lipinski definition) is 0. The number of nitro benzene ring substituents is 1. The maximum atomic E-state index is 11.4. The molecule has 1 amide bonds. The van der Waals surface area contributed by atoms with Gasteiger partial charge in [-0.3, -0.25) is 15.0 Å². The smallest absolute Gasteiger partial charge is 0.414 e. The molecule has 1 aromatic carbocycles. The molecule has 0 unspecified atom stereocenters. The third kappa shape index (κ3) is 1.93. The summed E-state index contributed by atoms with van der Waals surface area (Å²) in [6, 6.07) is 3.14. The van der Waals surface area contributed by atoms with Crippen LogP contribution in [0.1, 0.15) is 11.1 Å². The standard InChI is InChI=1S/C11H12N2O4/c1-7-5-8(2)10(13(15)16)6-9(7)12-3-4-17-11(12)14/h5-6H,3-4H2,1-2H3. The number of nitrogens with zero attached hydrogens (tertiary/aromatic N) is 2. The Balaban J connectivity index is 2.50. The quantitative estimate of drug-likeness (QED) is 0.582. The van der Waals surface area contributed by atoms with E-state index in [0.29, 0.717) is 24.4 Å². The van der Waals surface area contributed by atoms with Crippen molar-refractivity contribution in [3.05, 3.63) is 33.4 Å². The molecule has 1 aliphatic rings. The lowest BCUT2D eigenvalue weighted by molar-refractivity contribution is -0.385. The van der Waals surface area contributed by atoms with E-state index in [2.05, 4.69) is 0 Å². The molecule has 6 heteroatoms. The van der Waals surface area contributed by atoms with Gasteiger partial charge in [0.25, 0.3) is 5.69 Å². The molecule has 6 nitrogen and oxygen atoms in total. The maximum absolute atomic E-state index is 11.4. The Bertz CT molecular complexity index is 498. The number of amides is 1. The van der Waals surface area contributed by atoms with Crippen molar-refractivity contribution in [2.75, 3.05) is 18.1 Å². The minimum absolute atomic E-state index is 0.0188. The zero-order chi connectivity index (χ0) is 12.6. The molecule has 1 fully saturated rings. The molecule has 2 rings (SSSR count). The van der Waals surface area contributed by atoms with E-state index in [9.17, 15) is 14.9 Å². The van der Waals surface area contributed by atoms with E-state index in [-0.39, 0.29) is 5.69 Å². The van der Waals surface area contributed by atoms with Crippen LogP contribution >= 0.6 is 0 Å². The van der Waals surface area contributed by atoms with E-state index in [4.69, 9.17) is 4.74 Å². The Morgan fingerprint density at radius 3 is 2.59 bits per heavy atom. The van der Waals surface area contributed by atoms with Crippen LogP contribution < -0.4 is 4.90 Å². The number of ether oxygens (including phenoxy) is 1. The van der Waals surface area contributed by atoms with Crippen LogP contribution in [0.3, 0.4) is 0 Å². The molecule has 0 spiro atoms. The van der Waals surface area contributed by atoms with Crippen molar-refractivity contribution in [3.8, 4) is 0 Å². The number of anilines is 1. The normalized spacial score (nSPS) is 14.9. The van der Waals surface area contributed by atoms with E-state index in [1.54, 1.807) is 13.0 Å². The molecule has 0 atom stereocenters. The van der Waals surface area contributed by atoms with Crippen molar-refractivity contribution in [1.29, 1.82) is 0 Å². The highest BCUT2D eigenvalue weighted by molar-refractivity contribution is 5.90. The van der Waals surface area contributed by atoms with E-state index < -0.39 is 11.0 Å². The second-order valence-electron chi connectivity index (χ2n) is 3.95. The predicted molar refractivity (Wildman–Crippen MR) is 61.3 cm³/mol. The third-order valence-corrected chi connectivity index (χ3v) is 2.76. The molecule has 0 N–H and O–H groups in total. The molecular formula is C11H12N2O4. The van der Waals surface area contributed by atoms with Crippen molar-refractivity contribution in [1.82, 2.24) is 0 Å². The summed E-state index contributed by atoms with van der Waals surface area (Å²) in [4.78, 5) is 23.3. The number of rotatable bonds is 2.